The number of rotatable bonds is 5. The number of nitrogens with zero attached hydrogens (tertiary/aromatic N) is 3. The van der Waals surface area contributed by atoms with Crippen LogP contribution >= 0.6 is 11.6 Å². The van der Waals surface area contributed by atoms with Crippen molar-refractivity contribution >= 4 is 23.0 Å². The molecule has 5 nitrogen and oxygen atoms in total. The Morgan fingerprint density at radius 1 is 1.03 bits per heavy atom. The summed E-state index contributed by atoms with van der Waals surface area (Å²) in [4.78, 5) is 2.35. The maximum absolute atomic E-state index is 9.86. The number of piperidine rings is 1. The molecule has 1 fully saturated rings. The molecule has 2 heterocycles. The van der Waals surface area contributed by atoms with Crippen molar-refractivity contribution in [1.29, 1.82) is 0 Å². The third-order valence-electron chi connectivity index (χ3n) is 5.78. The largest absolute Gasteiger partial charge is 0.393 e. The van der Waals surface area contributed by atoms with Crippen LogP contribution in [0.3, 0.4) is 0 Å². The average molecular weight is 439 g/mol. The molecule has 31 heavy (non-hydrogen) atoms. The second-order valence-corrected chi connectivity index (χ2v) is 9.65. The molecule has 2 aromatic carbocycles. The van der Waals surface area contributed by atoms with Gasteiger partial charge in [-0.05, 0) is 37.1 Å². The highest BCUT2D eigenvalue weighted by atomic mass is 35.5. The van der Waals surface area contributed by atoms with Crippen molar-refractivity contribution in [2.75, 3.05) is 23.3 Å². The van der Waals surface area contributed by atoms with Gasteiger partial charge in [-0.1, -0.05) is 56.6 Å². The molecule has 1 aliphatic rings. The van der Waals surface area contributed by atoms with Crippen LogP contribution in [0.2, 0.25) is 5.02 Å². The number of hydrogen-bond acceptors (Lipinski definition) is 4. The van der Waals surface area contributed by atoms with Gasteiger partial charge in [-0.15, -0.1) is 0 Å². The number of aliphatic hydroxyl groups is 1. The van der Waals surface area contributed by atoms with Crippen LogP contribution in [-0.4, -0.2) is 34.1 Å². The minimum absolute atomic E-state index is 0.0912. The van der Waals surface area contributed by atoms with Gasteiger partial charge >= 0.3 is 0 Å². The number of para-hydroxylation sites is 3. The van der Waals surface area contributed by atoms with E-state index in [4.69, 9.17) is 16.7 Å². The van der Waals surface area contributed by atoms with Gasteiger partial charge in [-0.2, -0.15) is 5.10 Å². The summed E-state index contributed by atoms with van der Waals surface area (Å²) in [7, 11) is 0. The first-order valence-electron chi connectivity index (χ1n) is 10.9. The summed E-state index contributed by atoms with van der Waals surface area (Å²) in [5, 5.41) is 19.1. The molecule has 0 bridgehead atoms. The Bertz CT molecular complexity index is 1030. The van der Waals surface area contributed by atoms with E-state index in [2.05, 4.69) is 61.5 Å². The predicted octanol–water partition coefficient (Wildman–Crippen LogP) is 5.40. The zero-order valence-corrected chi connectivity index (χ0v) is 19.2. The molecule has 4 rings (SSSR count). The highest BCUT2D eigenvalue weighted by Gasteiger charge is 2.24. The molecule has 3 aromatic rings. The minimum Gasteiger partial charge on any atom is -0.393 e. The minimum atomic E-state index is -0.179. The molecular formula is C25H31ClN4O. The van der Waals surface area contributed by atoms with Crippen LogP contribution in [0, 0.1) is 0 Å². The second kappa shape index (κ2) is 8.93. The van der Waals surface area contributed by atoms with Crippen molar-refractivity contribution in [3.05, 3.63) is 71.0 Å². The van der Waals surface area contributed by atoms with Gasteiger partial charge in [0.15, 0.2) is 0 Å². The van der Waals surface area contributed by atoms with Gasteiger partial charge in [0, 0.05) is 36.8 Å². The van der Waals surface area contributed by atoms with E-state index in [1.54, 1.807) is 0 Å². The molecule has 0 atom stereocenters. The topological polar surface area (TPSA) is 53.3 Å². The highest BCUT2D eigenvalue weighted by Crippen LogP contribution is 2.31. The number of aliphatic hydroxyl groups excluding tert-OH is 1. The van der Waals surface area contributed by atoms with Crippen LogP contribution in [-0.2, 0) is 12.0 Å². The van der Waals surface area contributed by atoms with E-state index < -0.39 is 0 Å². The number of hydrogen-bond donors (Lipinski definition) is 2. The molecule has 0 saturated carbocycles. The summed E-state index contributed by atoms with van der Waals surface area (Å²) in [6.07, 6.45) is 3.52. The van der Waals surface area contributed by atoms with Gasteiger partial charge in [-0.3, -0.25) is 0 Å². The Morgan fingerprint density at radius 2 is 1.68 bits per heavy atom. The fourth-order valence-electron chi connectivity index (χ4n) is 4.13. The number of anilines is 2. The molecule has 0 unspecified atom stereocenters. The van der Waals surface area contributed by atoms with Crippen molar-refractivity contribution in [3.8, 4) is 5.69 Å². The van der Waals surface area contributed by atoms with Crippen molar-refractivity contribution in [1.82, 2.24) is 9.78 Å². The van der Waals surface area contributed by atoms with E-state index in [1.165, 1.54) is 5.69 Å². The molecule has 0 radical (unpaired) electrons. The first-order valence-corrected chi connectivity index (χ1v) is 11.3. The number of nitrogens with one attached hydrogen (secondary N) is 1. The SMILES string of the molecule is CC(C)(C)c1nn(-c2ccccc2Cl)cc1CNc1ccccc1N1CCC(O)CC1. The molecule has 2 N–H and O–H groups in total. The van der Waals surface area contributed by atoms with E-state index in [-0.39, 0.29) is 11.5 Å². The molecule has 6 heteroatoms. The fraction of sp³-hybridized carbons (Fsp3) is 0.400. The number of aromatic nitrogens is 2. The highest BCUT2D eigenvalue weighted by molar-refractivity contribution is 6.32. The Kier molecular flexibility index (Phi) is 6.26. The first-order chi connectivity index (χ1) is 14.8. The average Bonchev–Trinajstić information content (AvgIpc) is 3.18. The van der Waals surface area contributed by atoms with Crippen LogP contribution < -0.4 is 10.2 Å². The molecule has 0 aliphatic carbocycles. The maximum Gasteiger partial charge on any atom is 0.0831 e. The van der Waals surface area contributed by atoms with Crippen LogP contribution in [0.15, 0.2) is 54.7 Å². The molecule has 164 valence electrons. The van der Waals surface area contributed by atoms with Gasteiger partial charge in [0.05, 0.1) is 33.9 Å². The first kappa shape index (κ1) is 21.7. The van der Waals surface area contributed by atoms with E-state index >= 15 is 0 Å². The van der Waals surface area contributed by atoms with Gasteiger partial charge < -0.3 is 15.3 Å². The van der Waals surface area contributed by atoms with Crippen LogP contribution in [0.5, 0.6) is 0 Å². The Balaban J connectivity index is 1.60. The van der Waals surface area contributed by atoms with Crippen molar-refractivity contribution in [2.24, 2.45) is 0 Å². The van der Waals surface area contributed by atoms with Crippen LogP contribution in [0.1, 0.15) is 44.9 Å². The predicted molar refractivity (Wildman–Crippen MR) is 128 cm³/mol. The zero-order valence-electron chi connectivity index (χ0n) is 18.5. The monoisotopic (exact) mass is 438 g/mol. The van der Waals surface area contributed by atoms with Crippen LogP contribution in [0.25, 0.3) is 5.69 Å². The van der Waals surface area contributed by atoms with E-state index in [1.807, 2.05) is 28.9 Å². The summed E-state index contributed by atoms with van der Waals surface area (Å²) in [6, 6.07) is 16.2. The van der Waals surface area contributed by atoms with Gasteiger partial charge in [0.1, 0.15) is 0 Å². The van der Waals surface area contributed by atoms with Crippen molar-refractivity contribution < 1.29 is 5.11 Å². The maximum atomic E-state index is 9.86. The van der Waals surface area contributed by atoms with Crippen molar-refractivity contribution in [3.63, 3.8) is 0 Å². The lowest BCUT2D eigenvalue weighted by atomic mass is 9.89. The third kappa shape index (κ3) is 4.89. The lowest BCUT2D eigenvalue weighted by Gasteiger charge is -2.33. The Morgan fingerprint density at radius 3 is 2.35 bits per heavy atom. The standard InChI is InChI=1S/C25H31ClN4O/c1-25(2,3)24-18(17-30(28-24)22-10-6-4-8-20(22)26)16-27-21-9-5-7-11-23(21)29-14-12-19(31)13-15-29/h4-11,17,19,27,31H,12-16H2,1-3H3. The van der Waals surface area contributed by atoms with Gasteiger partial charge in [0.2, 0.25) is 0 Å². The quantitative estimate of drug-likeness (QED) is 0.560. The summed E-state index contributed by atoms with van der Waals surface area (Å²) in [5.74, 6) is 0. The lowest BCUT2D eigenvalue weighted by molar-refractivity contribution is 0.145. The number of benzene rings is 2. The second-order valence-electron chi connectivity index (χ2n) is 9.24. The van der Waals surface area contributed by atoms with Gasteiger partial charge in [-0.25, -0.2) is 4.68 Å². The Hall–Kier alpha value is -2.50. The van der Waals surface area contributed by atoms with Crippen LogP contribution in [0.4, 0.5) is 11.4 Å². The molecule has 1 aromatic heterocycles. The van der Waals surface area contributed by atoms with E-state index in [0.717, 1.165) is 48.6 Å². The summed E-state index contributed by atoms with van der Waals surface area (Å²) < 4.78 is 1.89. The molecular weight excluding hydrogens is 408 g/mol. The normalized spacial score (nSPS) is 15.3. The van der Waals surface area contributed by atoms with Gasteiger partial charge in [0.25, 0.3) is 0 Å². The van der Waals surface area contributed by atoms with E-state index in [9.17, 15) is 5.11 Å². The number of halogens is 1. The molecule has 0 spiro atoms. The summed E-state index contributed by atoms with van der Waals surface area (Å²) >= 11 is 6.42. The molecule has 1 aliphatic heterocycles. The molecule has 1 saturated heterocycles. The van der Waals surface area contributed by atoms with E-state index in [0.29, 0.717) is 11.6 Å². The lowest BCUT2D eigenvalue weighted by Crippen LogP contribution is -2.36. The third-order valence-corrected chi connectivity index (χ3v) is 6.10. The fourth-order valence-corrected chi connectivity index (χ4v) is 4.35. The molecule has 0 amide bonds. The smallest absolute Gasteiger partial charge is 0.0831 e. The Labute approximate surface area is 189 Å². The zero-order chi connectivity index (χ0) is 22.0. The van der Waals surface area contributed by atoms with Crippen molar-refractivity contribution in [2.45, 2.75) is 51.7 Å². The summed E-state index contributed by atoms with van der Waals surface area (Å²) in [6.45, 7) is 8.97. The summed E-state index contributed by atoms with van der Waals surface area (Å²) in [5.41, 5.74) is 5.28.